The minimum absolute atomic E-state index is 0.0534. The average Bonchev–Trinajstić information content (AvgIpc) is 2.57. The molecule has 1 aromatic rings. The van der Waals surface area contributed by atoms with Crippen molar-refractivity contribution in [3.05, 3.63) is 41.1 Å². The van der Waals surface area contributed by atoms with Crippen LogP contribution in [0.2, 0.25) is 0 Å². The molecular weight excluding hydrogens is 312 g/mol. The molecule has 0 spiro atoms. The quantitative estimate of drug-likeness (QED) is 0.636. The molecule has 7 nitrogen and oxygen atoms in total. The third-order valence-corrected chi connectivity index (χ3v) is 3.94. The molecule has 0 saturated heterocycles. The SMILES string of the molecule is COC(=O)/C=C(/Nc1ccc2c(c1)C(C)(C)C(=O)NC2)C(=O)OC. The minimum atomic E-state index is -0.699. The second-order valence-corrected chi connectivity index (χ2v) is 5.88. The number of anilines is 1. The van der Waals surface area contributed by atoms with Gasteiger partial charge in [-0.2, -0.15) is 0 Å². The van der Waals surface area contributed by atoms with E-state index in [2.05, 4.69) is 20.1 Å². The molecule has 1 amide bonds. The van der Waals surface area contributed by atoms with Gasteiger partial charge in [-0.25, -0.2) is 9.59 Å². The molecule has 1 aliphatic rings. The third kappa shape index (κ3) is 3.40. The molecule has 0 atom stereocenters. The van der Waals surface area contributed by atoms with E-state index in [1.165, 1.54) is 14.2 Å². The molecule has 1 aromatic carbocycles. The normalized spacial score (nSPS) is 15.8. The summed E-state index contributed by atoms with van der Waals surface area (Å²) >= 11 is 0. The number of hydrogen-bond donors (Lipinski definition) is 2. The lowest BCUT2D eigenvalue weighted by molar-refractivity contribution is -0.138. The Labute approximate surface area is 140 Å². The molecule has 0 saturated carbocycles. The highest BCUT2D eigenvalue weighted by molar-refractivity contribution is 5.99. The van der Waals surface area contributed by atoms with E-state index in [0.29, 0.717) is 12.2 Å². The van der Waals surface area contributed by atoms with Gasteiger partial charge in [0.2, 0.25) is 5.91 Å². The molecule has 0 aliphatic carbocycles. The molecule has 128 valence electrons. The minimum Gasteiger partial charge on any atom is -0.466 e. The molecule has 0 aromatic heterocycles. The van der Waals surface area contributed by atoms with Gasteiger partial charge in [0.1, 0.15) is 5.70 Å². The summed E-state index contributed by atoms with van der Waals surface area (Å²) in [6.45, 7) is 4.12. The zero-order chi connectivity index (χ0) is 17.9. The number of nitrogens with one attached hydrogen (secondary N) is 2. The molecule has 7 heteroatoms. The summed E-state index contributed by atoms with van der Waals surface area (Å²) in [6, 6.07) is 5.43. The summed E-state index contributed by atoms with van der Waals surface area (Å²) in [5.41, 5.74) is 1.68. The summed E-state index contributed by atoms with van der Waals surface area (Å²) in [5, 5.41) is 5.70. The number of methoxy groups -OCH3 is 2. The van der Waals surface area contributed by atoms with Crippen molar-refractivity contribution in [2.24, 2.45) is 0 Å². The predicted molar refractivity (Wildman–Crippen MR) is 87.1 cm³/mol. The zero-order valence-electron chi connectivity index (χ0n) is 14.1. The number of rotatable bonds is 4. The highest BCUT2D eigenvalue weighted by Gasteiger charge is 2.35. The largest absolute Gasteiger partial charge is 0.466 e. The number of carbonyl (C=O) groups excluding carboxylic acids is 3. The molecular formula is C17H20N2O5. The summed E-state index contributed by atoms with van der Waals surface area (Å²) < 4.78 is 9.19. The van der Waals surface area contributed by atoms with Crippen molar-refractivity contribution in [2.45, 2.75) is 25.8 Å². The number of esters is 2. The monoisotopic (exact) mass is 332 g/mol. The summed E-state index contributed by atoms with van der Waals surface area (Å²) in [5.74, 6) is -1.44. The smallest absolute Gasteiger partial charge is 0.354 e. The van der Waals surface area contributed by atoms with Crippen LogP contribution in [0, 0.1) is 0 Å². The van der Waals surface area contributed by atoms with Crippen molar-refractivity contribution in [2.75, 3.05) is 19.5 Å². The molecule has 0 unspecified atom stereocenters. The molecule has 2 N–H and O–H groups in total. The van der Waals surface area contributed by atoms with E-state index in [-0.39, 0.29) is 11.6 Å². The summed E-state index contributed by atoms with van der Waals surface area (Å²) in [7, 11) is 2.43. The lowest BCUT2D eigenvalue weighted by atomic mass is 9.78. The standard InChI is InChI=1S/C17H20N2O5/c1-17(2)12-7-11(6-5-10(12)9-18-16(17)22)19-13(15(21)24-4)8-14(20)23-3/h5-8,19H,9H2,1-4H3,(H,18,22)/b13-8+. The highest BCUT2D eigenvalue weighted by Crippen LogP contribution is 2.32. The van der Waals surface area contributed by atoms with E-state index in [0.717, 1.165) is 17.2 Å². The molecule has 1 heterocycles. The maximum Gasteiger partial charge on any atom is 0.354 e. The van der Waals surface area contributed by atoms with Crippen LogP contribution in [0.4, 0.5) is 5.69 Å². The van der Waals surface area contributed by atoms with Gasteiger partial charge in [0.05, 0.1) is 25.7 Å². The zero-order valence-corrected chi connectivity index (χ0v) is 14.1. The van der Waals surface area contributed by atoms with Gasteiger partial charge in [-0.3, -0.25) is 4.79 Å². The molecule has 0 radical (unpaired) electrons. The van der Waals surface area contributed by atoms with Crippen molar-refractivity contribution in [1.82, 2.24) is 5.32 Å². The Morgan fingerprint density at radius 3 is 2.58 bits per heavy atom. The third-order valence-electron chi connectivity index (χ3n) is 3.94. The van der Waals surface area contributed by atoms with Gasteiger partial charge in [-0.05, 0) is 37.1 Å². The van der Waals surface area contributed by atoms with E-state index in [1.54, 1.807) is 12.1 Å². The lowest BCUT2D eigenvalue weighted by Crippen LogP contribution is -2.44. The van der Waals surface area contributed by atoms with Crippen molar-refractivity contribution in [3.63, 3.8) is 0 Å². The van der Waals surface area contributed by atoms with Gasteiger partial charge in [0.25, 0.3) is 0 Å². The molecule has 24 heavy (non-hydrogen) atoms. The molecule has 1 aliphatic heterocycles. The fraction of sp³-hybridized carbons (Fsp3) is 0.353. The Morgan fingerprint density at radius 2 is 1.96 bits per heavy atom. The van der Waals surface area contributed by atoms with Gasteiger partial charge in [-0.1, -0.05) is 6.07 Å². The van der Waals surface area contributed by atoms with Crippen molar-refractivity contribution in [1.29, 1.82) is 0 Å². The second-order valence-electron chi connectivity index (χ2n) is 5.88. The van der Waals surface area contributed by atoms with E-state index in [9.17, 15) is 14.4 Å². The predicted octanol–water partition coefficient (Wildman–Crippen LogP) is 1.24. The summed E-state index contributed by atoms with van der Waals surface area (Å²) in [6.07, 6.45) is 1.02. The summed E-state index contributed by atoms with van der Waals surface area (Å²) in [4.78, 5) is 35.3. The van der Waals surface area contributed by atoms with Crippen LogP contribution in [0.5, 0.6) is 0 Å². The van der Waals surface area contributed by atoms with Gasteiger partial charge in [0.15, 0.2) is 0 Å². The van der Waals surface area contributed by atoms with Crippen molar-refractivity contribution in [3.8, 4) is 0 Å². The van der Waals surface area contributed by atoms with Crippen LogP contribution < -0.4 is 10.6 Å². The Kier molecular flexibility index (Phi) is 4.92. The first-order valence-corrected chi connectivity index (χ1v) is 7.36. The first kappa shape index (κ1) is 17.5. The first-order chi connectivity index (χ1) is 11.3. The number of fused-ring (bicyclic) bond motifs is 1. The van der Waals surface area contributed by atoms with E-state index in [1.807, 2.05) is 19.9 Å². The van der Waals surface area contributed by atoms with Crippen LogP contribution in [-0.4, -0.2) is 32.1 Å². The van der Waals surface area contributed by atoms with Crippen LogP contribution in [0.1, 0.15) is 25.0 Å². The number of amides is 1. The highest BCUT2D eigenvalue weighted by atomic mass is 16.5. The topological polar surface area (TPSA) is 93.7 Å². The van der Waals surface area contributed by atoms with Crippen molar-refractivity contribution >= 4 is 23.5 Å². The van der Waals surface area contributed by atoms with Gasteiger partial charge >= 0.3 is 11.9 Å². The van der Waals surface area contributed by atoms with Gasteiger partial charge < -0.3 is 20.1 Å². The average molecular weight is 332 g/mol. The fourth-order valence-corrected chi connectivity index (χ4v) is 2.50. The van der Waals surface area contributed by atoms with Gasteiger partial charge in [0, 0.05) is 12.2 Å². The first-order valence-electron chi connectivity index (χ1n) is 7.36. The van der Waals surface area contributed by atoms with E-state index < -0.39 is 17.4 Å². The van der Waals surface area contributed by atoms with Crippen LogP contribution in [0.15, 0.2) is 30.0 Å². The number of hydrogen-bond acceptors (Lipinski definition) is 6. The Hall–Kier alpha value is -2.83. The fourth-order valence-electron chi connectivity index (χ4n) is 2.50. The maximum absolute atomic E-state index is 12.1. The molecule has 0 fully saturated rings. The number of benzene rings is 1. The van der Waals surface area contributed by atoms with Crippen LogP contribution in [0.3, 0.4) is 0 Å². The van der Waals surface area contributed by atoms with Crippen molar-refractivity contribution < 1.29 is 23.9 Å². The number of ether oxygens (including phenoxy) is 2. The second kappa shape index (κ2) is 6.74. The number of carbonyl (C=O) groups is 3. The Balaban J connectivity index is 2.38. The molecule has 0 bridgehead atoms. The van der Waals surface area contributed by atoms with Crippen LogP contribution >= 0.6 is 0 Å². The maximum atomic E-state index is 12.1. The Bertz CT molecular complexity index is 722. The van der Waals surface area contributed by atoms with Crippen LogP contribution in [-0.2, 0) is 35.8 Å². The molecule has 2 rings (SSSR count). The van der Waals surface area contributed by atoms with E-state index >= 15 is 0 Å². The Morgan fingerprint density at radius 1 is 1.25 bits per heavy atom. The lowest BCUT2D eigenvalue weighted by Gasteiger charge is -2.32. The van der Waals surface area contributed by atoms with E-state index in [4.69, 9.17) is 0 Å². The van der Waals surface area contributed by atoms with Crippen LogP contribution in [0.25, 0.3) is 0 Å². The van der Waals surface area contributed by atoms with Gasteiger partial charge in [-0.15, -0.1) is 0 Å².